The van der Waals surface area contributed by atoms with E-state index in [-0.39, 0.29) is 39.1 Å². The Kier molecular flexibility index (Phi) is 4.09. The van der Waals surface area contributed by atoms with Gasteiger partial charge in [-0.15, -0.1) is 6.58 Å². The van der Waals surface area contributed by atoms with Gasteiger partial charge in [0.1, 0.15) is 17.4 Å². The zero-order chi connectivity index (χ0) is 19.1. The Morgan fingerprint density at radius 3 is 2.44 bits per heavy atom. The van der Waals surface area contributed by atoms with E-state index in [0.29, 0.717) is 23.5 Å². The number of ether oxygens (including phenoxy) is 1. The molecule has 3 aromatic rings. The molecule has 1 atom stereocenters. The molecule has 0 saturated heterocycles. The molecule has 0 aliphatic heterocycles. The van der Waals surface area contributed by atoms with Crippen LogP contribution in [-0.4, -0.2) is 18.2 Å². The van der Waals surface area contributed by atoms with Crippen molar-refractivity contribution in [3.05, 3.63) is 93.4 Å². The molecule has 5 nitrogen and oxygen atoms in total. The van der Waals surface area contributed by atoms with E-state index in [1.165, 1.54) is 18.2 Å². The third kappa shape index (κ3) is 2.64. The molecular weight excluding hydrogens is 344 g/mol. The molecule has 0 radical (unpaired) electrons. The lowest BCUT2D eigenvalue weighted by atomic mass is 9.83. The fourth-order valence-corrected chi connectivity index (χ4v) is 3.31. The number of hydrogen-bond donors (Lipinski definition) is 0. The predicted octanol–water partition coefficient (Wildman–Crippen LogP) is 3.83. The van der Waals surface area contributed by atoms with Gasteiger partial charge in [-0.3, -0.25) is 14.4 Å². The van der Waals surface area contributed by atoms with Crippen molar-refractivity contribution in [2.45, 2.75) is 13.0 Å². The summed E-state index contributed by atoms with van der Waals surface area (Å²) in [5.41, 5.74) is 0.874. The van der Waals surface area contributed by atoms with Crippen molar-refractivity contribution in [2.75, 3.05) is 6.61 Å². The molecule has 1 aliphatic rings. The summed E-state index contributed by atoms with van der Waals surface area (Å²) in [6.07, 6.45) is 1.09. The molecule has 2 aromatic carbocycles. The number of rotatable bonds is 4. The molecule has 0 N–H and O–H groups in total. The molecule has 1 heterocycles. The summed E-state index contributed by atoms with van der Waals surface area (Å²) in [4.78, 5) is 38.5. The molecular formula is C22H16O5. The minimum atomic E-state index is -0.502. The first kappa shape index (κ1) is 17.1. The normalized spacial score (nSPS) is 14.0. The van der Waals surface area contributed by atoms with Gasteiger partial charge in [0.15, 0.2) is 17.0 Å². The molecule has 5 heteroatoms. The maximum atomic E-state index is 13.1. The second kappa shape index (κ2) is 6.45. The van der Waals surface area contributed by atoms with Crippen LogP contribution in [0.2, 0.25) is 0 Å². The van der Waals surface area contributed by atoms with E-state index in [0.717, 1.165) is 0 Å². The topological polar surface area (TPSA) is 73.6 Å². The van der Waals surface area contributed by atoms with Crippen LogP contribution in [0.4, 0.5) is 0 Å². The summed E-state index contributed by atoms with van der Waals surface area (Å²) in [7, 11) is 0. The Bertz CT molecular complexity index is 1170. The molecule has 4 rings (SSSR count). The van der Waals surface area contributed by atoms with E-state index < -0.39 is 6.10 Å². The van der Waals surface area contributed by atoms with E-state index >= 15 is 0 Å². The number of fused-ring (bicyclic) bond motifs is 4. The van der Waals surface area contributed by atoms with Crippen molar-refractivity contribution >= 4 is 22.5 Å². The summed E-state index contributed by atoms with van der Waals surface area (Å²) >= 11 is 0. The zero-order valence-electron chi connectivity index (χ0n) is 14.7. The summed E-state index contributed by atoms with van der Waals surface area (Å²) in [6.45, 7) is 5.63. The van der Waals surface area contributed by atoms with E-state index in [4.69, 9.17) is 9.15 Å². The summed E-state index contributed by atoms with van der Waals surface area (Å²) in [5, 5.41) is 0.258. The van der Waals surface area contributed by atoms with Gasteiger partial charge < -0.3 is 9.15 Å². The smallest absolute Gasteiger partial charge is 0.198 e. The third-order valence-electron chi connectivity index (χ3n) is 4.67. The van der Waals surface area contributed by atoms with Gasteiger partial charge in [0, 0.05) is 22.8 Å². The molecule has 0 unspecified atom stereocenters. The minimum absolute atomic E-state index is 0.122. The monoisotopic (exact) mass is 360 g/mol. The average Bonchev–Trinajstić information content (AvgIpc) is 2.69. The van der Waals surface area contributed by atoms with Gasteiger partial charge >= 0.3 is 0 Å². The second-order valence-electron chi connectivity index (χ2n) is 6.35. The molecule has 0 amide bonds. The van der Waals surface area contributed by atoms with E-state index in [1.54, 1.807) is 37.3 Å². The quantitative estimate of drug-likeness (QED) is 0.517. The van der Waals surface area contributed by atoms with Crippen molar-refractivity contribution in [3.63, 3.8) is 0 Å². The van der Waals surface area contributed by atoms with Crippen LogP contribution in [0.1, 0.15) is 50.6 Å². The maximum Gasteiger partial charge on any atom is 0.198 e. The highest BCUT2D eigenvalue weighted by atomic mass is 16.5. The molecule has 1 aliphatic carbocycles. The molecule has 0 bridgehead atoms. The van der Waals surface area contributed by atoms with Crippen molar-refractivity contribution < 1.29 is 18.7 Å². The fraction of sp³-hybridized carbons (Fsp3) is 0.136. The number of benzene rings is 2. The van der Waals surface area contributed by atoms with Gasteiger partial charge in [0.05, 0.1) is 17.6 Å². The Morgan fingerprint density at radius 2 is 1.74 bits per heavy atom. The lowest BCUT2D eigenvalue weighted by Gasteiger charge is -2.19. The lowest BCUT2D eigenvalue weighted by molar-refractivity contribution is 0.0719. The largest absolute Gasteiger partial charge is 0.457 e. The van der Waals surface area contributed by atoms with Crippen LogP contribution < -0.4 is 5.43 Å². The average molecular weight is 360 g/mol. The van der Waals surface area contributed by atoms with Crippen LogP contribution >= 0.6 is 0 Å². The molecule has 1 aromatic heterocycles. The SMILES string of the molecule is C=CCO[C@@H](C)c1cc(=O)c2ccc3c(c2o1)C(=O)c1ccccc1C3=O. The van der Waals surface area contributed by atoms with Crippen LogP contribution in [0.15, 0.2) is 64.3 Å². The molecule has 134 valence electrons. The van der Waals surface area contributed by atoms with E-state index in [9.17, 15) is 14.4 Å². The summed E-state index contributed by atoms with van der Waals surface area (Å²) in [5.74, 6) is -0.293. The summed E-state index contributed by atoms with van der Waals surface area (Å²) in [6, 6.07) is 11.0. The van der Waals surface area contributed by atoms with Crippen LogP contribution in [-0.2, 0) is 4.74 Å². The lowest BCUT2D eigenvalue weighted by Crippen LogP contribution is -2.22. The van der Waals surface area contributed by atoms with Crippen LogP contribution in [0.25, 0.3) is 11.0 Å². The van der Waals surface area contributed by atoms with Crippen molar-refractivity contribution in [1.82, 2.24) is 0 Å². The van der Waals surface area contributed by atoms with Gasteiger partial charge in [0.2, 0.25) is 0 Å². The van der Waals surface area contributed by atoms with Gasteiger partial charge in [-0.05, 0) is 19.1 Å². The third-order valence-corrected chi connectivity index (χ3v) is 4.67. The van der Waals surface area contributed by atoms with Gasteiger partial charge in [0.25, 0.3) is 0 Å². The molecule has 27 heavy (non-hydrogen) atoms. The van der Waals surface area contributed by atoms with Crippen molar-refractivity contribution in [1.29, 1.82) is 0 Å². The van der Waals surface area contributed by atoms with Crippen LogP contribution in [0.3, 0.4) is 0 Å². The number of hydrogen-bond acceptors (Lipinski definition) is 5. The molecule has 0 spiro atoms. The van der Waals surface area contributed by atoms with Crippen LogP contribution in [0.5, 0.6) is 0 Å². The van der Waals surface area contributed by atoms with E-state index in [2.05, 4.69) is 6.58 Å². The van der Waals surface area contributed by atoms with Crippen LogP contribution in [0, 0.1) is 0 Å². The summed E-state index contributed by atoms with van der Waals surface area (Å²) < 4.78 is 11.4. The fourth-order valence-electron chi connectivity index (χ4n) is 3.31. The zero-order valence-corrected chi connectivity index (χ0v) is 14.7. The maximum absolute atomic E-state index is 13.1. The first-order valence-electron chi connectivity index (χ1n) is 8.54. The molecule has 0 fully saturated rings. The Labute approximate surface area is 154 Å². The van der Waals surface area contributed by atoms with Crippen molar-refractivity contribution in [2.24, 2.45) is 0 Å². The molecule has 0 saturated carbocycles. The standard InChI is InChI=1S/C22H16O5/c1-3-10-26-12(2)18-11-17(23)15-8-9-16-19(22(15)27-18)21(25)14-7-5-4-6-13(14)20(16)24/h3-9,11-12H,1,10H2,2H3/t12-/m0/s1. The van der Waals surface area contributed by atoms with Gasteiger partial charge in [-0.2, -0.15) is 0 Å². The highest BCUT2D eigenvalue weighted by molar-refractivity contribution is 6.31. The Hall–Kier alpha value is -3.31. The first-order valence-corrected chi connectivity index (χ1v) is 8.54. The van der Waals surface area contributed by atoms with E-state index in [1.807, 2.05) is 0 Å². The Morgan fingerprint density at radius 1 is 1.04 bits per heavy atom. The highest BCUT2D eigenvalue weighted by Crippen LogP contribution is 2.33. The first-order chi connectivity index (χ1) is 13.0. The number of carbonyl (C=O) groups excluding carboxylic acids is 2. The highest BCUT2D eigenvalue weighted by Gasteiger charge is 2.32. The number of carbonyl (C=O) groups is 2. The van der Waals surface area contributed by atoms with Gasteiger partial charge in [-0.25, -0.2) is 0 Å². The Balaban J connectivity index is 1.98. The number of ketones is 2. The van der Waals surface area contributed by atoms with Gasteiger partial charge in [-0.1, -0.05) is 30.3 Å². The minimum Gasteiger partial charge on any atom is -0.457 e. The second-order valence-corrected chi connectivity index (χ2v) is 6.35. The van der Waals surface area contributed by atoms with Crippen molar-refractivity contribution in [3.8, 4) is 0 Å². The predicted molar refractivity (Wildman–Crippen MR) is 100 cm³/mol.